The molecule has 1 aliphatic rings. The molecule has 6 nitrogen and oxygen atoms in total. The minimum atomic E-state index is -1.40. The second-order valence-electron chi connectivity index (χ2n) is 6.34. The number of methoxy groups -OCH3 is 1. The van der Waals surface area contributed by atoms with Crippen LogP contribution in [0.5, 0.6) is 0 Å². The predicted octanol–water partition coefficient (Wildman–Crippen LogP) is 2.49. The van der Waals surface area contributed by atoms with Gasteiger partial charge in [0.1, 0.15) is 0 Å². The minimum absolute atomic E-state index is 0.369. The minimum Gasteiger partial charge on any atom is -0.479 e. The van der Waals surface area contributed by atoms with Crippen molar-refractivity contribution in [2.75, 3.05) is 7.11 Å². The maximum absolute atomic E-state index is 11.8. The molecular weight excluding hydrogens is 312 g/mol. The maximum atomic E-state index is 11.8. The van der Waals surface area contributed by atoms with Crippen LogP contribution in [0.3, 0.4) is 0 Å². The molecule has 3 atom stereocenters. The Balaban J connectivity index is 2.31. The van der Waals surface area contributed by atoms with E-state index in [4.69, 9.17) is 9.47 Å². The summed E-state index contributed by atoms with van der Waals surface area (Å²) in [5, 5.41) is 9.33. The smallest absolute Gasteiger partial charge is 0.338 e. The molecule has 3 unspecified atom stereocenters. The Morgan fingerprint density at radius 1 is 1.21 bits per heavy atom. The Labute approximate surface area is 141 Å². The quantitative estimate of drug-likeness (QED) is 0.804. The molecule has 0 aromatic heterocycles. The van der Waals surface area contributed by atoms with E-state index in [1.165, 1.54) is 12.7 Å². The van der Waals surface area contributed by atoms with Crippen LogP contribution in [0.4, 0.5) is 0 Å². The zero-order valence-corrected chi connectivity index (χ0v) is 14.4. The molecule has 1 aromatic carbocycles. The first-order valence-electron chi connectivity index (χ1n) is 8.08. The van der Waals surface area contributed by atoms with Crippen LogP contribution in [0.2, 0.25) is 0 Å². The summed E-state index contributed by atoms with van der Waals surface area (Å²) < 4.78 is 16.1. The van der Waals surface area contributed by atoms with Crippen LogP contribution in [0.25, 0.3) is 0 Å². The van der Waals surface area contributed by atoms with Crippen molar-refractivity contribution >= 4 is 11.9 Å². The normalized spacial score (nSPS) is 26.5. The standard InChI is InChI=1S/C18H24O6/c1-5-18(13-8-6-12(7-9-13)10-11(2)3)23-14(16(19)20)15(24-18)17(21)22-4/h6-9,11,14-15H,5,10H2,1-4H3,(H,19,20). The van der Waals surface area contributed by atoms with E-state index in [0.717, 1.165) is 6.42 Å². The lowest BCUT2D eigenvalue weighted by molar-refractivity contribution is -0.196. The molecule has 1 fully saturated rings. The van der Waals surface area contributed by atoms with Crippen molar-refractivity contribution in [1.82, 2.24) is 0 Å². The molecule has 132 valence electrons. The van der Waals surface area contributed by atoms with Gasteiger partial charge in [0.25, 0.3) is 0 Å². The Morgan fingerprint density at radius 2 is 1.79 bits per heavy atom. The lowest BCUT2D eigenvalue weighted by Gasteiger charge is -2.27. The highest BCUT2D eigenvalue weighted by Crippen LogP contribution is 2.41. The molecule has 1 saturated heterocycles. The highest BCUT2D eigenvalue weighted by molar-refractivity contribution is 5.85. The zero-order chi connectivity index (χ0) is 17.9. The van der Waals surface area contributed by atoms with Gasteiger partial charge in [-0.15, -0.1) is 0 Å². The van der Waals surface area contributed by atoms with Gasteiger partial charge in [-0.3, -0.25) is 0 Å². The van der Waals surface area contributed by atoms with E-state index >= 15 is 0 Å². The Bertz CT molecular complexity index is 594. The van der Waals surface area contributed by atoms with Gasteiger partial charge in [0.2, 0.25) is 0 Å². The van der Waals surface area contributed by atoms with Gasteiger partial charge in [-0.1, -0.05) is 45.0 Å². The van der Waals surface area contributed by atoms with Crippen molar-refractivity contribution in [2.24, 2.45) is 5.92 Å². The number of carboxylic acids is 1. The monoisotopic (exact) mass is 336 g/mol. The first-order chi connectivity index (χ1) is 11.3. The topological polar surface area (TPSA) is 82.1 Å². The van der Waals surface area contributed by atoms with Gasteiger partial charge < -0.3 is 19.3 Å². The third kappa shape index (κ3) is 3.60. The fraction of sp³-hybridized carbons (Fsp3) is 0.556. The van der Waals surface area contributed by atoms with Crippen LogP contribution in [-0.4, -0.2) is 36.4 Å². The number of rotatable bonds is 6. The maximum Gasteiger partial charge on any atom is 0.338 e. The van der Waals surface area contributed by atoms with Gasteiger partial charge in [0.05, 0.1) is 7.11 Å². The largest absolute Gasteiger partial charge is 0.479 e. The van der Waals surface area contributed by atoms with E-state index in [-0.39, 0.29) is 0 Å². The Kier molecular flexibility index (Phi) is 5.62. The highest BCUT2D eigenvalue weighted by Gasteiger charge is 2.54. The van der Waals surface area contributed by atoms with E-state index in [9.17, 15) is 14.7 Å². The second kappa shape index (κ2) is 7.32. The van der Waals surface area contributed by atoms with Crippen molar-refractivity contribution in [3.8, 4) is 0 Å². The summed E-state index contributed by atoms with van der Waals surface area (Å²) in [4.78, 5) is 23.3. The number of ether oxygens (including phenoxy) is 3. The molecule has 0 spiro atoms. The number of aliphatic carboxylic acids is 1. The molecule has 0 bridgehead atoms. The lowest BCUT2D eigenvalue weighted by atomic mass is 9.98. The fourth-order valence-electron chi connectivity index (χ4n) is 2.90. The molecule has 2 rings (SSSR count). The SMILES string of the molecule is CCC1(c2ccc(CC(C)C)cc2)OC(C(=O)O)C(C(=O)OC)O1. The number of benzene rings is 1. The van der Waals surface area contributed by atoms with E-state index in [1.807, 2.05) is 31.2 Å². The number of hydrogen-bond donors (Lipinski definition) is 1. The van der Waals surface area contributed by atoms with Gasteiger partial charge in [0.15, 0.2) is 18.0 Å². The van der Waals surface area contributed by atoms with Crippen LogP contribution in [-0.2, 0) is 36.0 Å². The fourth-order valence-corrected chi connectivity index (χ4v) is 2.90. The molecule has 6 heteroatoms. The van der Waals surface area contributed by atoms with Crippen molar-refractivity contribution in [1.29, 1.82) is 0 Å². The number of carbonyl (C=O) groups is 2. The Morgan fingerprint density at radius 3 is 2.25 bits per heavy atom. The summed E-state index contributed by atoms with van der Waals surface area (Å²) in [7, 11) is 1.19. The summed E-state index contributed by atoms with van der Waals surface area (Å²) in [6, 6.07) is 7.67. The van der Waals surface area contributed by atoms with Gasteiger partial charge in [-0.2, -0.15) is 0 Å². The first-order valence-corrected chi connectivity index (χ1v) is 8.08. The van der Waals surface area contributed by atoms with Gasteiger partial charge >= 0.3 is 11.9 Å². The van der Waals surface area contributed by atoms with Crippen LogP contribution in [0, 0.1) is 5.92 Å². The van der Waals surface area contributed by atoms with Crippen LogP contribution in [0.1, 0.15) is 38.3 Å². The molecular formula is C18H24O6. The molecule has 0 aliphatic carbocycles. The number of esters is 1. The van der Waals surface area contributed by atoms with Crippen LogP contribution in [0.15, 0.2) is 24.3 Å². The highest BCUT2D eigenvalue weighted by atomic mass is 16.8. The predicted molar refractivity (Wildman–Crippen MR) is 86.4 cm³/mol. The van der Waals surface area contributed by atoms with Crippen molar-refractivity contribution in [3.63, 3.8) is 0 Å². The third-order valence-corrected chi connectivity index (χ3v) is 4.09. The molecule has 1 N–H and O–H groups in total. The second-order valence-corrected chi connectivity index (χ2v) is 6.34. The summed E-state index contributed by atoms with van der Waals surface area (Å²) in [6.45, 7) is 6.10. The number of hydrogen-bond acceptors (Lipinski definition) is 5. The van der Waals surface area contributed by atoms with Gasteiger partial charge in [0, 0.05) is 12.0 Å². The Hall–Kier alpha value is -1.92. The zero-order valence-electron chi connectivity index (χ0n) is 14.4. The van der Waals surface area contributed by atoms with E-state index in [0.29, 0.717) is 17.9 Å². The van der Waals surface area contributed by atoms with Crippen LogP contribution >= 0.6 is 0 Å². The lowest BCUT2D eigenvalue weighted by Crippen LogP contribution is -2.37. The molecule has 1 aliphatic heterocycles. The number of carboxylic acid groups (broad SMARTS) is 1. The third-order valence-electron chi connectivity index (χ3n) is 4.09. The molecule has 0 saturated carbocycles. The summed E-state index contributed by atoms with van der Waals surface area (Å²) >= 11 is 0. The van der Waals surface area contributed by atoms with E-state index in [1.54, 1.807) is 0 Å². The van der Waals surface area contributed by atoms with Crippen molar-refractivity contribution < 1.29 is 28.9 Å². The summed E-state index contributed by atoms with van der Waals surface area (Å²) in [5.74, 6) is -2.74. The molecule has 1 heterocycles. The average Bonchev–Trinajstić information content (AvgIpc) is 2.96. The average molecular weight is 336 g/mol. The van der Waals surface area contributed by atoms with Gasteiger partial charge in [-0.25, -0.2) is 9.59 Å². The van der Waals surface area contributed by atoms with Crippen molar-refractivity contribution in [3.05, 3.63) is 35.4 Å². The van der Waals surface area contributed by atoms with E-state index in [2.05, 4.69) is 18.6 Å². The van der Waals surface area contributed by atoms with Crippen molar-refractivity contribution in [2.45, 2.75) is 51.6 Å². The van der Waals surface area contributed by atoms with Crippen LogP contribution < -0.4 is 0 Å². The molecule has 0 amide bonds. The summed E-state index contributed by atoms with van der Waals surface area (Å²) in [5.41, 5.74) is 1.87. The van der Waals surface area contributed by atoms with E-state index < -0.39 is 29.9 Å². The molecule has 1 aromatic rings. The molecule has 24 heavy (non-hydrogen) atoms. The van der Waals surface area contributed by atoms with Gasteiger partial charge in [-0.05, 0) is 17.9 Å². The summed E-state index contributed by atoms with van der Waals surface area (Å²) in [6.07, 6.45) is -1.37. The number of carbonyl (C=O) groups excluding carboxylic acids is 1. The first kappa shape index (κ1) is 18.4. The molecule has 0 radical (unpaired) electrons.